The van der Waals surface area contributed by atoms with E-state index in [-0.39, 0.29) is 0 Å². The molecule has 0 unspecified atom stereocenters. The average Bonchev–Trinajstić information content (AvgIpc) is 3.06. The SMILES string of the molecule is COc1ccc(-c2ccn(C3(C(=O)O)CCCCC3)c2)cc1. The molecule has 1 fully saturated rings. The van der Waals surface area contributed by atoms with Crippen LogP contribution in [-0.4, -0.2) is 22.8 Å². The van der Waals surface area contributed by atoms with E-state index in [0.29, 0.717) is 12.8 Å². The molecule has 1 heterocycles. The first kappa shape index (κ1) is 14.7. The van der Waals surface area contributed by atoms with Crippen molar-refractivity contribution in [1.82, 2.24) is 4.57 Å². The summed E-state index contributed by atoms with van der Waals surface area (Å²) in [6, 6.07) is 9.81. The first-order chi connectivity index (χ1) is 10.7. The minimum Gasteiger partial charge on any atom is -0.497 e. The number of aliphatic carboxylic acids is 1. The number of aromatic nitrogens is 1. The summed E-state index contributed by atoms with van der Waals surface area (Å²) in [5.41, 5.74) is 1.33. The number of hydrogen-bond donors (Lipinski definition) is 1. The van der Waals surface area contributed by atoms with Crippen LogP contribution < -0.4 is 4.74 Å². The smallest absolute Gasteiger partial charge is 0.329 e. The number of carbonyl (C=O) groups is 1. The zero-order valence-corrected chi connectivity index (χ0v) is 12.8. The lowest BCUT2D eigenvalue weighted by Gasteiger charge is -2.34. The van der Waals surface area contributed by atoms with E-state index >= 15 is 0 Å². The Morgan fingerprint density at radius 3 is 2.36 bits per heavy atom. The number of methoxy groups -OCH3 is 1. The highest BCUT2D eigenvalue weighted by atomic mass is 16.5. The fraction of sp³-hybridized carbons (Fsp3) is 0.389. The molecule has 0 saturated heterocycles. The Morgan fingerprint density at radius 2 is 1.77 bits per heavy atom. The molecule has 1 aromatic heterocycles. The fourth-order valence-corrected chi connectivity index (χ4v) is 3.34. The summed E-state index contributed by atoms with van der Waals surface area (Å²) in [6.07, 6.45) is 8.35. The highest BCUT2D eigenvalue weighted by Crippen LogP contribution is 2.37. The fourth-order valence-electron chi connectivity index (χ4n) is 3.34. The molecule has 1 aromatic carbocycles. The van der Waals surface area contributed by atoms with Crippen LogP contribution in [-0.2, 0) is 10.3 Å². The third-order valence-electron chi connectivity index (χ3n) is 4.69. The predicted octanol–water partition coefficient (Wildman–Crippen LogP) is 3.91. The minimum absolute atomic E-state index is 0.707. The molecule has 116 valence electrons. The second-order valence-corrected chi connectivity index (χ2v) is 5.93. The predicted molar refractivity (Wildman–Crippen MR) is 85.1 cm³/mol. The van der Waals surface area contributed by atoms with Crippen molar-refractivity contribution >= 4 is 5.97 Å². The highest BCUT2D eigenvalue weighted by Gasteiger charge is 2.41. The molecular weight excluding hydrogens is 278 g/mol. The van der Waals surface area contributed by atoms with E-state index in [1.165, 1.54) is 0 Å². The van der Waals surface area contributed by atoms with Crippen LogP contribution >= 0.6 is 0 Å². The van der Waals surface area contributed by atoms with Gasteiger partial charge in [-0.2, -0.15) is 0 Å². The Balaban J connectivity index is 1.93. The summed E-state index contributed by atoms with van der Waals surface area (Å²) in [7, 11) is 1.64. The number of ether oxygens (including phenoxy) is 1. The molecule has 0 aliphatic heterocycles. The maximum atomic E-state index is 11.9. The van der Waals surface area contributed by atoms with Crippen molar-refractivity contribution in [2.24, 2.45) is 0 Å². The molecule has 3 rings (SSSR count). The van der Waals surface area contributed by atoms with Crippen molar-refractivity contribution in [1.29, 1.82) is 0 Å². The molecular formula is C18H21NO3. The van der Waals surface area contributed by atoms with Crippen molar-refractivity contribution in [2.75, 3.05) is 7.11 Å². The van der Waals surface area contributed by atoms with Crippen LogP contribution in [0.5, 0.6) is 5.75 Å². The van der Waals surface area contributed by atoms with E-state index in [1.54, 1.807) is 7.11 Å². The summed E-state index contributed by atoms with van der Waals surface area (Å²) in [5.74, 6) is 0.0987. The normalized spacial score (nSPS) is 17.1. The lowest BCUT2D eigenvalue weighted by atomic mass is 9.81. The van der Waals surface area contributed by atoms with Gasteiger partial charge in [0.2, 0.25) is 0 Å². The van der Waals surface area contributed by atoms with Gasteiger partial charge in [0.15, 0.2) is 0 Å². The number of rotatable bonds is 4. The van der Waals surface area contributed by atoms with Gasteiger partial charge in [0, 0.05) is 12.4 Å². The molecule has 4 heteroatoms. The van der Waals surface area contributed by atoms with Crippen LogP contribution in [0, 0.1) is 0 Å². The molecule has 0 bridgehead atoms. The Labute approximate surface area is 130 Å². The molecule has 0 radical (unpaired) electrons. The second kappa shape index (κ2) is 5.87. The van der Waals surface area contributed by atoms with Crippen LogP contribution in [0.15, 0.2) is 42.7 Å². The van der Waals surface area contributed by atoms with E-state index in [2.05, 4.69) is 0 Å². The van der Waals surface area contributed by atoms with Crippen LogP contribution in [0.3, 0.4) is 0 Å². The molecule has 1 N–H and O–H groups in total. The van der Waals surface area contributed by atoms with Gasteiger partial charge in [-0.25, -0.2) is 4.79 Å². The van der Waals surface area contributed by atoms with Crippen LogP contribution in [0.4, 0.5) is 0 Å². The van der Waals surface area contributed by atoms with Crippen LogP contribution in [0.2, 0.25) is 0 Å². The summed E-state index contributed by atoms with van der Waals surface area (Å²) in [4.78, 5) is 11.9. The number of benzene rings is 1. The summed E-state index contributed by atoms with van der Waals surface area (Å²) >= 11 is 0. The lowest BCUT2D eigenvalue weighted by molar-refractivity contribution is -0.149. The van der Waals surface area contributed by atoms with Crippen LogP contribution in [0.1, 0.15) is 32.1 Å². The Bertz CT molecular complexity index is 651. The average molecular weight is 299 g/mol. The van der Waals surface area contributed by atoms with E-state index < -0.39 is 11.5 Å². The maximum absolute atomic E-state index is 11.9. The summed E-state index contributed by atoms with van der Waals surface area (Å²) < 4.78 is 7.07. The topological polar surface area (TPSA) is 51.5 Å². The molecule has 0 amide bonds. The Kier molecular flexibility index (Phi) is 3.92. The largest absolute Gasteiger partial charge is 0.497 e. The van der Waals surface area contributed by atoms with Gasteiger partial charge in [0.25, 0.3) is 0 Å². The third-order valence-corrected chi connectivity index (χ3v) is 4.69. The maximum Gasteiger partial charge on any atom is 0.329 e. The van der Waals surface area contributed by atoms with E-state index in [1.807, 2.05) is 47.3 Å². The van der Waals surface area contributed by atoms with E-state index in [4.69, 9.17) is 4.74 Å². The van der Waals surface area contributed by atoms with E-state index in [0.717, 1.165) is 36.1 Å². The van der Waals surface area contributed by atoms with Crippen molar-refractivity contribution in [2.45, 2.75) is 37.6 Å². The van der Waals surface area contributed by atoms with Crippen molar-refractivity contribution in [3.05, 3.63) is 42.7 Å². The van der Waals surface area contributed by atoms with Gasteiger partial charge in [-0.05, 0) is 42.2 Å². The quantitative estimate of drug-likeness (QED) is 0.931. The van der Waals surface area contributed by atoms with Gasteiger partial charge in [-0.1, -0.05) is 31.4 Å². The third kappa shape index (κ3) is 2.49. The number of nitrogens with zero attached hydrogens (tertiary/aromatic N) is 1. The molecule has 0 spiro atoms. The van der Waals surface area contributed by atoms with Gasteiger partial charge in [-0.3, -0.25) is 0 Å². The Morgan fingerprint density at radius 1 is 1.09 bits per heavy atom. The molecule has 4 nitrogen and oxygen atoms in total. The summed E-state index contributed by atoms with van der Waals surface area (Å²) in [5, 5.41) is 9.75. The molecule has 22 heavy (non-hydrogen) atoms. The molecule has 1 aliphatic carbocycles. The molecule has 0 atom stereocenters. The first-order valence-corrected chi connectivity index (χ1v) is 7.72. The molecule has 1 aliphatic rings. The van der Waals surface area contributed by atoms with E-state index in [9.17, 15) is 9.90 Å². The highest BCUT2D eigenvalue weighted by molar-refractivity contribution is 5.77. The second-order valence-electron chi connectivity index (χ2n) is 5.93. The zero-order valence-electron chi connectivity index (χ0n) is 12.8. The molecule has 1 saturated carbocycles. The van der Waals surface area contributed by atoms with Crippen molar-refractivity contribution < 1.29 is 14.6 Å². The van der Waals surface area contributed by atoms with Gasteiger partial charge in [0.1, 0.15) is 11.3 Å². The number of carboxylic acid groups (broad SMARTS) is 1. The van der Waals surface area contributed by atoms with Gasteiger partial charge in [-0.15, -0.1) is 0 Å². The molecule has 2 aromatic rings. The van der Waals surface area contributed by atoms with Gasteiger partial charge < -0.3 is 14.4 Å². The summed E-state index contributed by atoms with van der Waals surface area (Å²) in [6.45, 7) is 0. The monoisotopic (exact) mass is 299 g/mol. The van der Waals surface area contributed by atoms with Gasteiger partial charge >= 0.3 is 5.97 Å². The lowest BCUT2D eigenvalue weighted by Crippen LogP contribution is -2.42. The van der Waals surface area contributed by atoms with Crippen LogP contribution in [0.25, 0.3) is 11.1 Å². The standard InChI is InChI=1S/C18H21NO3/c1-22-16-7-5-14(6-8-16)15-9-12-19(13-15)18(17(20)21)10-3-2-4-11-18/h5-9,12-13H,2-4,10-11H2,1H3,(H,20,21). The van der Waals surface area contributed by atoms with Crippen molar-refractivity contribution in [3.63, 3.8) is 0 Å². The van der Waals surface area contributed by atoms with Crippen molar-refractivity contribution in [3.8, 4) is 16.9 Å². The first-order valence-electron chi connectivity index (χ1n) is 7.72. The Hall–Kier alpha value is -2.23. The number of hydrogen-bond acceptors (Lipinski definition) is 2. The minimum atomic E-state index is -0.775. The zero-order chi connectivity index (χ0) is 15.6. The number of carboxylic acids is 1. The van der Waals surface area contributed by atoms with Gasteiger partial charge in [0.05, 0.1) is 7.11 Å².